The quantitative estimate of drug-likeness (QED) is 0.707. The number of nitrogens with zero attached hydrogens (tertiary/aromatic N) is 2. The van der Waals surface area contributed by atoms with Gasteiger partial charge in [-0.3, -0.25) is 5.10 Å². The fraction of sp³-hybridized carbons (Fsp3) is 0.111. The van der Waals surface area contributed by atoms with Crippen LogP contribution in [0.2, 0.25) is 0 Å². The Morgan fingerprint density at radius 2 is 2.21 bits per heavy atom. The summed E-state index contributed by atoms with van der Waals surface area (Å²) in [5.41, 5.74) is 6.31. The maximum absolute atomic E-state index is 5.69. The van der Waals surface area contributed by atoms with Crippen molar-refractivity contribution in [3.63, 3.8) is 0 Å². The Labute approximate surface area is 80.9 Å². The number of benzene rings is 1. The summed E-state index contributed by atoms with van der Waals surface area (Å²) in [6.07, 6.45) is 1.44. The highest BCUT2D eigenvalue weighted by molar-refractivity contribution is 5.51. The van der Waals surface area contributed by atoms with E-state index in [0.717, 1.165) is 0 Å². The van der Waals surface area contributed by atoms with Gasteiger partial charge in [-0.25, -0.2) is 4.98 Å². The molecule has 0 bridgehead atoms. The summed E-state index contributed by atoms with van der Waals surface area (Å²) in [6.45, 7) is 0.341. The van der Waals surface area contributed by atoms with Crippen LogP contribution in [0.15, 0.2) is 30.6 Å². The average molecular weight is 190 g/mol. The van der Waals surface area contributed by atoms with E-state index in [4.69, 9.17) is 10.5 Å². The Morgan fingerprint density at radius 3 is 2.93 bits per heavy atom. The molecule has 0 aliphatic carbocycles. The van der Waals surface area contributed by atoms with Gasteiger partial charge >= 0.3 is 0 Å². The SMILES string of the molecule is Nc1ccccc1OCc1ncn[nH]1. The Hall–Kier alpha value is -2.04. The highest BCUT2D eigenvalue weighted by atomic mass is 16.5. The zero-order valence-electron chi connectivity index (χ0n) is 7.47. The Morgan fingerprint density at radius 1 is 1.36 bits per heavy atom. The van der Waals surface area contributed by atoms with Crippen molar-refractivity contribution in [2.24, 2.45) is 0 Å². The van der Waals surface area contributed by atoms with E-state index in [9.17, 15) is 0 Å². The molecule has 14 heavy (non-hydrogen) atoms. The molecule has 5 heteroatoms. The molecule has 1 aromatic carbocycles. The molecule has 0 saturated carbocycles. The predicted octanol–water partition coefficient (Wildman–Crippen LogP) is 0.966. The molecule has 72 valence electrons. The van der Waals surface area contributed by atoms with Crippen LogP contribution in [0.25, 0.3) is 0 Å². The van der Waals surface area contributed by atoms with E-state index in [-0.39, 0.29) is 0 Å². The molecule has 0 saturated heterocycles. The molecule has 0 aliphatic heterocycles. The second-order valence-corrected chi connectivity index (χ2v) is 2.76. The molecular formula is C9H10N4O. The number of hydrogen-bond donors (Lipinski definition) is 2. The molecule has 0 aliphatic rings. The van der Waals surface area contributed by atoms with Crippen molar-refractivity contribution in [3.8, 4) is 5.75 Å². The first-order chi connectivity index (χ1) is 6.86. The molecule has 0 amide bonds. The lowest BCUT2D eigenvalue weighted by Crippen LogP contribution is -1.99. The normalized spacial score (nSPS) is 10.0. The summed E-state index contributed by atoms with van der Waals surface area (Å²) in [6, 6.07) is 7.32. The summed E-state index contributed by atoms with van der Waals surface area (Å²) in [5, 5.41) is 6.41. The van der Waals surface area contributed by atoms with Gasteiger partial charge in [0.2, 0.25) is 0 Å². The minimum atomic E-state index is 0.341. The molecule has 1 aromatic heterocycles. The predicted molar refractivity (Wildman–Crippen MR) is 51.6 cm³/mol. The van der Waals surface area contributed by atoms with E-state index in [2.05, 4.69) is 15.2 Å². The molecule has 5 nitrogen and oxygen atoms in total. The molecule has 1 heterocycles. The van der Waals surface area contributed by atoms with Gasteiger partial charge in [0.15, 0.2) is 5.82 Å². The zero-order valence-corrected chi connectivity index (χ0v) is 7.47. The van der Waals surface area contributed by atoms with Crippen LogP contribution in [0.3, 0.4) is 0 Å². The average Bonchev–Trinajstić information content (AvgIpc) is 2.69. The van der Waals surface area contributed by atoms with Crippen molar-refractivity contribution in [1.29, 1.82) is 0 Å². The van der Waals surface area contributed by atoms with Crippen LogP contribution in [-0.4, -0.2) is 15.2 Å². The molecule has 3 N–H and O–H groups in total. The number of ether oxygens (including phenoxy) is 1. The summed E-state index contributed by atoms with van der Waals surface area (Å²) in [7, 11) is 0. The minimum Gasteiger partial charge on any atom is -0.483 e. The lowest BCUT2D eigenvalue weighted by atomic mass is 10.3. The number of aromatic amines is 1. The first-order valence-corrected chi connectivity index (χ1v) is 4.18. The Bertz CT molecular complexity index is 399. The number of nitrogens with one attached hydrogen (secondary N) is 1. The van der Waals surface area contributed by atoms with Crippen molar-refractivity contribution in [3.05, 3.63) is 36.4 Å². The third kappa shape index (κ3) is 1.82. The number of para-hydroxylation sites is 2. The number of H-pyrrole nitrogens is 1. The molecule has 2 rings (SSSR count). The van der Waals surface area contributed by atoms with E-state index < -0.39 is 0 Å². The number of anilines is 1. The lowest BCUT2D eigenvalue weighted by molar-refractivity contribution is 0.298. The van der Waals surface area contributed by atoms with E-state index in [1.165, 1.54) is 6.33 Å². The summed E-state index contributed by atoms with van der Waals surface area (Å²) >= 11 is 0. The van der Waals surface area contributed by atoms with Gasteiger partial charge in [0.25, 0.3) is 0 Å². The van der Waals surface area contributed by atoms with Crippen LogP contribution in [-0.2, 0) is 6.61 Å². The van der Waals surface area contributed by atoms with E-state index in [1.807, 2.05) is 18.2 Å². The van der Waals surface area contributed by atoms with Crippen LogP contribution < -0.4 is 10.5 Å². The van der Waals surface area contributed by atoms with Gasteiger partial charge in [-0.05, 0) is 12.1 Å². The molecule has 0 fully saturated rings. The third-order valence-electron chi connectivity index (χ3n) is 1.75. The number of aromatic nitrogens is 3. The first-order valence-electron chi connectivity index (χ1n) is 4.18. The van der Waals surface area contributed by atoms with E-state index >= 15 is 0 Å². The van der Waals surface area contributed by atoms with Crippen LogP contribution >= 0.6 is 0 Å². The van der Waals surface area contributed by atoms with Crippen molar-refractivity contribution in [1.82, 2.24) is 15.2 Å². The lowest BCUT2D eigenvalue weighted by Gasteiger charge is -2.05. The monoisotopic (exact) mass is 190 g/mol. The van der Waals surface area contributed by atoms with Gasteiger partial charge in [0.1, 0.15) is 18.7 Å². The molecule has 0 spiro atoms. The Balaban J connectivity index is 2.02. The van der Waals surface area contributed by atoms with E-state index in [0.29, 0.717) is 23.9 Å². The van der Waals surface area contributed by atoms with Gasteiger partial charge in [-0.15, -0.1) is 0 Å². The maximum atomic E-state index is 5.69. The van der Waals surface area contributed by atoms with Crippen molar-refractivity contribution in [2.45, 2.75) is 6.61 Å². The topological polar surface area (TPSA) is 76.8 Å². The van der Waals surface area contributed by atoms with Gasteiger partial charge in [0.05, 0.1) is 5.69 Å². The van der Waals surface area contributed by atoms with Gasteiger partial charge < -0.3 is 10.5 Å². The van der Waals surface area contributed by atoms with Crippen LogP contribution in [0, 0.1) is 0 Å². The molecule has 2 aromatic rings. The second kappa shape index (κ2) is 3.78. The fourth-order valence-electron chi connectivity index (χ4n) is 1.06. The first kappa shape index (κ1) is 8.55. The fourth-order valence-corrected chi connectivity index (χ4v) is 1.06. The van der Waals surface area contributed by atoms with E-state index in [1.54, 1.807) is 6.07 Å². The van der Waals surface area contributed by atoms with Gasteiger partial charge in [-0.1, -0.05) is 12.1 Å². The van der Waals surface area contributed by atoms with Crippen molar-refractivity contribution in [2.75, 3.05) is 5.73 Å². The standard InChI is InChI=1S/C9H10N4O/c10-7-3-1-2-4-8(7)14-5-9-11-6-12-13-9/h1-4,6H,5,10H2,(H,11,12,13). The summed E-state index contributed by atoms with van der Waals surface area (Å²) in [4.78, 5) is 3.93. The largest absolute Gasteiger partial charge is 0.483 e. The molecule has 0 unspecified atom stereocenters. The smallest absolute Gasteiger partial charge is 0.162 e. The van der Waals surface area contributed by atoms with Gasteiger partial charge in [-0.2, -0.15) is 5.10 Å². The number of hydrogen-bond acceptors (Lipinski definition) is 4. The summed E-state index contributed by atoms with van der Waals surface area (Å²) < 4.78 is 5.42. The Kier molecular flexibility index (Phi) is 2.31. The van der Waals surface area contributed by atoms with Crippen LogP contribution in [0.4, 0.5) is 5.69 Å². The maximum Gasteiger partial charge on any atom is 0.162 e. The van der Waals surface area contributed by atoms with Gasteiger partial charge in [0, 0.05) is 0 Å². The summed E-state index contributed by atoms with van der Waals surface area (Å²) in [5.74, 6) is 1.33. The number of rotatable bonds is 3. The van der Waals surface area contributed by atoms with Crippen LogP contribution in [0.1, 0.15) is 5.82 Å². The highest BCUT2D eigenvalue weighted by Crippen LogP contribution is 2.20. The third-order valence-corrected chi connectivity index (χ3v) is 1.75. The molecular weight excluding hydrogens is 180 g/mol. The van der Waals surface area contributed by atoms with Crippen molar-refractivity contribution < 1.29 is 4.74 Å². The second-order valence-electron chi connectivity index (χ2n) is 2.76. The minimum absolute atomic E-state index is 0.341. The van der Waals surface area contributed by atoms with Crippen LogP contribution in [0.5, 0.6) is 5.75 Å². The molecule has 0 atom stereocenters. The molecule has 0 radical (unpaired) electrons. The number of nitrogens with two attached hydrogens (primary N) is 1. The highest BCUT2D eigenvalue weighted by Gasteiger charge is 2.00. The van der Waals surface area contributed by atoms with Crippen molar-refractivity contribution >= 4 is 5.69 Å². The zero-order chi connectivity index (χ0) is 9.80. The number of nitrogen functional groups attached to an aromatic ring is 1.